The van der Waals surface area contributed by atoms with Crippen LogP contribution < -0.4 is 5.73 Å². The zero-order chi connectivity index (χ0) is 29.5. The van der Waals surface area contributed by atoms with Crippen LogP contribution in [-0.4, -0.2) is 50.7 Å². The van der Waals surface area contributed by atoms with E-state index in [1.807, 2.05) is 17.7 Å². The lowest BCUT2D eigenvalue weighted by molar-refractivity contribution is 0.0591. The molecule has 0 atom stereocenters. The number of aromatic nitrogens is 5. The van der Waals surface area contributed by atoms with E-state index in [1.165, 1.54) is 38.9 Å². The Morgan fingerprint density at radius 2 is 1.44 bits per heavy atom. The Kier molecular flexibility index (Phi) is 9.14. The highest BCUT2D eigenvalue weighted by Crippen LogP contribution is 2.28. The van der Waals surface area contributed by atoms with Crippen LogP contribution in [0.4, 0.5) is 5.69 Å². The van der Waals surface area contributed by atoms with Gasteiger partial charge in [-0.2, -0.15) is 0 Å². The highest BCUT2D eigenvalue weighted by Gasteiger charge is 2.12. The second kappa shape index (κ2) is 12.9. The van der Waals surface area contributed by atoms with E-state index in [0.29, 0.717) is 38.2 Å². The predicted octanol–water partition coefficient (Wildman–Crippen LogP) is 4.97. The van der Waals surface area contributed by atoms with E-state index in [0.717, 1.165) is 22.2 Å². The van der Waals surface area contributed by atoms with Crippen LogP contribution in [-0.2, 0) is 16.5 Å². The van der Waals surface area contributed by atoms with E-state index in [2.05, 4.69) is 36.5 Å². The number of carbonyl (C=O) groups excluding carboxylic acids is 2. The Morgan fingerprint density at radius 1 is 0.805 bits per heavy atom. The smallest absolute Gasteiger partial charge is 0.339 e. The van der Waals surface area contributed by atoms with E-state index < -0.39 is 11.9 Å². The number of halogens is 2. The van der Waals surface area contributed by atoms with E-state index in [4.69, 9.17) is 33.7 Å². The van der Waals surface area contributed by atoms with Gasteiger partial charge in [-0.25, -0.2) is 19.6 Å². The molecule has 0 aliphatic carbocycles. The second-order valence-corrected chi connectivity index (χ2v) is 9.18. The summed E-state index contributed by atoms with van der Waals surface area (Å²) in [4.78, 5) is 39.0. The summed E-state index contributed by atoms with van der Waals surface area (Å²) in [5.74, 6) is 4.84. The fourth-order valence-electron chi connectivity index (χ4n) is 3.72. The molecule has 0 spiro atoms. The van der Waals surface area contributed by atoms with Crippen molar-refractivity contribution in [2.75, 3.05) is 20.0 Å². The molecule has 0 bridgehead atoms. The van der Waals surface area contributed by atoms with Crippen LogP contribution in [0, 0.1) is 11.8 Å². The lowest BCUT2D eigenvalue weighted by Crippen LogP contribution is -2.02. The summed E-state index contributed by atoms with van der Waals surface area (Å²) in [5.41, 5.74) is 10.8. The number of esters is 2. The molecule has 5 aromatic heterocycles. The minimum Gasteiger partial charge on any atom is -0.465 e. The first-order valence-electron chi connectivity index (χ1n) is 11.8. The monoisotopic (exact) mass is 588 g/mol. The largest absolute Gasteiger partial charge is 0.465 e. The van der Waals surface area contributed by atoms with Gasteiger partial charge in [0, 0.05) is 60.7 Å². The Bertz CT molecular complexity index is 1830. The fourth-order valence-corrected chi connectivity index (χ4v) is 4.04. The van der Waals surface area contributed by atoms with Gasteiger partial charge in [0.25, 0.3) is 0 Å². The van der Waals surface area contributed by atoms with Crippen LogP contribution in [0.15, 0.2) is 67.5 Å². The molecule has 0 unspecified atom stereocenters. The lowest BCUT2D eigenvalue weighted by atomic mass is 10.1. The van der Waals surface area contributed by atoms with Gasteiger partial charge in [-0.1, -0.05) is 35.0 Å². The molecule has 5 aromatic rings. The van der Waals surface area contributed by atoms with E-state index in [9.17, 15) is 9.59 Å². The summed E-state index contributed by atoms with van der Waals surface area (Å²) in [6, 6.07) is 8.65. The molecule has 0 saturated carbocycles. The number of pyridine rings is 4. The maximum absolute atomic E-state index is 11.6. The Hall–Kier alpha value is -4.98. The first-order valence-corrected chi connectivity index (χ1v) is 12.6. The topological polar surface area (TPSA) is 135 Å². The van der Waals surface area contributed by atoms with Crippen LogP contribution in [0.25, 0.3) is 22.2 Å². The molecule has 0 aromatic carbocycles. The number of nitrogens with zero attached hydrogens (tertiary/aromatic N) is 5. The molecule has 0 amide bonds. The maximum atomic E-state index is 11.6. The van der Waals surface area contributed by atoms with Crippen molar-refractivity contribution in [2.24, 2.45) is 7.05 Å². The number of hydrogen-bond acceptors (Lipinski definition) is 9. The van der Waals surface area contributed by atoms with E-state index in [-0.39, 0.29) is 0 Å². The number of aryl methyl sites for hydroxylation is 1. The number of hydrogen-bond donors (Lipinski definition) is 1. The number of ether oxygens (including phenoxy) is 2. The molecule has 0 radical (unpaired) electrons. The SMILES string of the molecule is COC(=O)c1cncc(-c2cc3cnc(Cl)cc3n2C)c1.COC(=O)c1cncc(C#Cc2cnc(Cl)cc2N)c1. The molecular weight excluding hydrogens is 567 g/mol. The van der Waals surface area contributed by atoms with Gasteiger partial charge in [-0.3, -0.25) is 9.97 Å². The van der Waals surface area contributed by atoms with Crippen molar-refractivity contribution in [3.05, 3.63) is 100 Å². The normalized spacial score (nSPS) is 10.2. The number of methoxy groups -OCH3 is 2. The minimum atomic E-state index is -0.464. The molecule has 0 aliphatic heterocycles. The number of anilines is 1. The average Bonchev–Trinajstić information content (AvgIpc) is 3.31. The first kappa shape index (κ1) is 29.0. The Labute approximate surface area is 245 Å². The van der Waals surface area contributed by atoms with Crippen molar-refractivity contribution in [3.8, 4) is 23.1 Å². The Morgan fingerprint density at radius 3 is 2.12 bits per heavy atom. The highest BCUT2D eigenvalue weighted by molar-refractivity contribution is 6.30. The summed E-state index contributed by atoms with van der Waals surface area (Å²) in [7, 11) is 4.58. The predicted molar refractivity (Wildman–Crippen MR) is 156 cm³/mol. The average molecular weight is 589 g/mol. The van der Waals surface area contributed by atoms with Crippen molar-refractivity contribution in [1.82, 2.24) is 24.5 Å². The second-order valence-electron chi connectivity index (χ2n) is 8.41. The van der Waals surface area contributed by atoms with Gasteiger partial charge in [0.2, 0.25) is 0 Å². The molecule has 0 aliphatic rings. The van der Waals surface area contributed by atoms with Crippen molar-refractivity contribution in [1.29, 1.82) is 0 Å². The third-order valence-electron chi connectivity index (χ3n) is 5.75. The third-order valence-corrected chi connectivity index (χ3v) is 6.17. The van der Waals surface area contributed by atoms with Crippen molar-refractivity contribution in [3.63, 3.8) is 0 Å². The van der Waals surface area contributed by atoms with Crippen molar-refractivity contribution in [2.45, 2.75) is 0 Å². The fraction of sp³-hybridized carbons (Fsp3) is 0.103. The number of rotatable bonds is 3. The molecule has 10 nitrogen and oxygen atoms in total. The summed E-state index contributed by atoms with van der Waals surface area (Å²) in [6.45, 7) is 0. The molecule has 206 valence electrons. The van der Waals surface area contributed by atoms with Gasteiger partial charge >= 0.3 is 11.9 Å². The zero-order valence-corrected chi connectivity index (χ0v) is 23.6. The molecule has 41 heavy (non-hydrogen) atoms. The van der Waals surface area contributed by atoms with Crippen LogP contribution in [0.5, 0.6) is 0 Å². The van der Waals surface area contributed by atoms with Crippen LogP contribution >= 0.6 is 23.2 Å². The number of fused-ring (bicyclic) bond motifs is 1. The molecule has 5 rings (SSSR count). The lowest BCUT2D eigenvalue weighted by Gasteiger charge is -2.05. The standard InChI is InChI=1S/C15H12ClN3O2.C14H10ClN3O2/c1-19-12(4-10-8-18-14(16)5-13(10)19)9-3-11(7-17-6-9)15(20)21-2;1-20-14(19)11-4-9(6-17-7-11)2-3-10-8-18-13(15)5-12(10)16/h3-8H,1-2H3;4-8H,1H3,(H2,16,18). The summed E-state index contributed by atoms with van der Waals surface area (Å²) in [5, 5.41) is 1.72. The number of nitrogens with two attached hydrogens (primary N) is 1. The van der Waals surface area contributed by atoms with E-state index in [1.54, 1.807) is 36.8 Å². The summed E-state index contributed by atoms with van der Waals surface area (Å²) < 4.78 is 11.3. The Balaban J connectivity index is 0.000000189. The van der Waals surface area contributed by atoms with Crippen LogP contribution in [0.3, 0.4) is 0 Å². The molecule has 12 heteroatoms. The van der Waals surface area contributed by atoms with Gasteiger partial charge in [0.1, 0.15) is 10.3 Å². The van der Waals surface area contributed by atoms with Gasteiger partial charge in [-0.05, 0) is 30.3 Å². The maximum Gasteiger partial charge on any atom is 0.339 e. The quantitative estimate of drug-likeness (QED) is 0.176. The molecule has 0 fully saturated rings. The van der Waals surface area contributed by atoms with Gasteiger partial charge in [0.15, 0.2) is 0 Å². The number of nitrogen functional groups attached to an aromatic ring is 1. The van der Waals surface area contributed by atoms with Gasteiger partial charge < -0.3 is 19.8 Å². The number of carbonyl (C=O) groups is 2. The molecule has 2 N–H and O–H groups in total. The van der Waals surface area contributed by atoms with E-state index >= 15 is 0 Å². The summed E-state index contributed by atoms with van der Waals surface area (Å²) >= 11 is 11.6. The first-order chi connectivity index (χ1) is 19.7. The van der Waals surface area contributed by atoms with Gasteiger partial charge in [0.05, 0.1) is 47.8 Å². The zero-order valence-electron chi connectivity index (χ0n) is 22.1. The third kappa shape index (κ3) is 6.97. The minimum absolute atomic E-state index is 0.308. The molecule has 0 saturated heterocycles. The van der Waals surface area contributed by atoms with Crippen molar-refractivity contribution < 1.29 is 19.1 Å². The van der Waals surface area contributed by atoms with Crippen LogP contribution in [0.2, 0.25) is 10.3 Å². The molecular formula is C29H22Cl2N6O4. The van der Waals surface area contributed by atoms with Gasteiger partial charge in [-0.15, -0.1) is 0 Å². The van der Waals surface area contributed by atoms with Crippen molar-refractivity contribution >= 4 is 51.7 Å². The summed E-state index contributed by atoms with van der Waals surface area (Å²) in [6.07, 6.45) is 9.35. The molecule has 5 heterocycles. The highest BCUT2D eigenvalue weighted by atomic mass is 35.5. The van der Waals surface area contributed by atoms with Crippen LogP contribution in [0.1, 0.15) is 31.8 Å².